The number of rotatable bonds is 1. The summed E-state index contributed by atoms with van der Waals surface area (Å²) in [6.45, 7) is 0.0420. The summed E-state index contributed by atoms with van der Waals surface area (Å²) < 4.78 is 14.0. The molecule has 3 heteroatoms. The average Bonchev–Trinajstić information content (AvgIpc) is 2.47. The van der Waals surface area contributed by atoms with Gasteiger partial charge in [0.1, 0.15) is 5.67 Å². The molecule has 2 rings (SSSR count). The van der Waals surface area contributed by atoms with Gasteiger partial charge in [-0.05, 0) is 30.0 Å². The Balaban J connectivity index is 2.55. The Morgan fingerprint density at radius 3 is 3.00 bits per heavy atom. The van der Waals surface area contributed by atoms with Crippen LogP contribution in [-0.2, 0) is 12.1 Å². The van der Waals surface area contributed by atoms with E-state index in [2.05, 4.69) is 0 Å². The highest BCUT2D eigenvalue weighted by atomic mass is 35.5. The SMILES string of the molecule is NCC1(F)CCc2c(Cl)cccc21. The number of hydrogen-bond acceptors (Lipinski definition) is 1. The molecule has 2 N–H and O–H groups in total. The smallest absolute Gasteiger partial charge is 0.148 e. The lowest BCUT2D eigenvalue weighted by molar-refractivity contribution is 0.177. The van der Waals surface area contributed by atoms with E-state index in [1.54, 1.807) is 18.2 Å². The zero-order valence-electron chi connectivity index (χ0n) is 7.19. The maximum Gasteiger partial charge on any atom is 0.148 e. The average molecular weight is 200 g/mol. The highest BCUT2D eigenvalue weighted by Gasteiger charge is 2.38. The Hall–Kier alpha value is -0.600. The van der Waals surface area contributed by atoms with E-state index >= 15 is 0 Å². The summed E-state index contributed by atoms with van der Waals surface area (Å²) in [5.41, 5.74) is 5.68. The summed E-state index contributed by atoms with van der Waals surface area (Å²) in [4.78, 5) is 0. The van der Waals surface area contributed by atoms with E-state index in [9.17, 15) is 4.39 Å². The van der Waals surface area contributed by atoms with E-state index in [1.165, 1.54) is 0 Å². The van der Waals surface area contributed by atoms with E-state index in [4.69, 9.17) is 17.3 Å². The highest BCUT2D eigenvalue weighted by molar-refractivity contribution is 6.31. The van der Waals surface area contributed by atoms with Gasteiger partial charge in [0.15, 0.2) is 0 Å². The number of benzene rings is 1. The second kappa shape index (κ2) is 2.96. The van der Waals surface area contributed by atoms with Crippen molar-refractivity contribution >= 4 is 11.6 Å². The third-order valence-electron chi connectivity index (χ3n) is 2.70. The Bertz CT molecular complexity index is 340. The number of fused-ring (bicyclic) bond motifs is 1. The maximum atomic E-state index is 14.0. The molecule has 0 spiro atoms. The van der Waals surface area contributed by atoms with Gasteiger partial charge >= 0.3 is 0 Å². The Kier molecular flexibility index (Phi) is 2.05. The molecule has 1 aliphatic rings. The summed E-state index contributed by atoms with van der Waals surface area (Å²) >= 11 is 5.95. The van der Waals surface area contributed by atoms with Gasteiger partial charge in [0.05, 0.1) is 0 Å². The van der Waals surface area contributed by atoms with Crippen molar-refractivity contribution in [2.75, 3.05) is 6.54 Å². The quantitative estimate of drug-likeness (QED) is 0.739. The molecule has 0 aromatic heterocycles. The fourth-order valence-electron chi connectivity index (χ4n) is 1.90. The molecule has 1 aromatic rings. The molecule has 1 aromatic carbocycles. The molecule has 1 atom stereocenters. The molecule has 0 fully saturated rings. The van der Waals surface area contributed by atoms with E-state index in [0.717, 1.165) is 5.56 Å². The highest BCUT2D eigenvalue weighted by Crippen LogP contribution is 2.42. The van der Waals surface area contributed by atoms with Crippen LogP contribution in [0.1, 0.15) is 17.5 Å². The number of nitrogens with two attached hydrogens (primary N) is 1. The van der Waals surface area contributed by atoms with Crippen molar-refractivity contribution in [2.24, 2.45) is 5.73 Å². The van der Waals surface area contributed by atoms with E-state index in [1.807, 2.05) is 0 Å². The zero-order valence-corrected chi connectivity index (χ0v) is 7.94. The second-order valence-corrected chi connectivity index (χ2v) is 3.84. The topological polar surface area (TPSA) is 26.0 Å². The van der Waals surface area contributed by atoms with Gasteiger partial charge < -0.3 is 5.73 Å². The largest absolute Gasteiger partial charge is 0.327 e. The fourth-order valence-corrected chi connectivity index (χ4v) is 2.17. The van der Waals surface area contributed by atoms with Gasteiger partial charge in [0.25, 0.3) is 0 Å². The minimum atomic E-state index is -1.35. The maximum absolute atomic E-state index is 14.0. The Labute approximate surface area is 81.7 Å². The molecule has 13 heavy (non-hydrogen) atoms. The first-order valence-corrected chi connectivity index (χ1v) is 4.72. The lowest BCUT2D eigenvalue weighted by Gasteiger charge is -2.18. The van der Waals surface area contributed by atoms with Crippen LogP contribution < -0.4 is 5.73 Å². The molecular formula is C10H11ClFN. The molecule has 0 saturated carbocycles. The fraction of sp³-hybridized carbons (Fsp3) is 0.400. The predicted molar refractivity (Wildman–Crippen MR) is 51.6 cm³/mol. The first-order chi connectivity index (χ1) is 6.17. The number of halogens is 2. The minimum absolute atomic E-state index is 0.0420. The predicted octanol–water partition coefficient (Wildman–Crippen LogP) is 2.41. The van der Waals surface area contributed by atoms with Gasteiger partial charge in [-0.1, -0.05) is 23.7 Å². The first kappa shape index (κ1) is 8.97. The van der Waals surface area contributed by atoms with Crippen LogP contribution in [0.3, 0.4) is 0 Å². The Morgan fingerprint density at radius 1 is 1.54 bits per heavy atom. The van der Waals surface area contributed by atoms with Crippen molar-refractivity contribution in [1.82, 2.24) is 0 Å². The van der Waals surface area contributed by atoms with Gasteiger partial charge in [-0.25, -0.2) is 4.39 Å². The molecular weight excluding hydrogens is 189 g/mol. The normalized spacial score (nSPS) is 26.1. The van der Waals surface area contributed by atoms with Crippen LogP contribution in [0.4, 0.5) is 4.39 Å². The number of alkyl halides is 1. The molecule has 0 saturated heterocycles. The van der Waals surface area contributed by atoms with Crippen molar-refractivity contribution in [3.63, 3.8) is 0 Å². The third kappa shape index (κ3) is 1.25. The standard InChI is InChI=1S/C10H11ClFN/c11-9-3-1-2-8-7(9)4-5-10(8,12)6-13/h1-3H,4-6,13H2. The summed E-state index contributed by atoms with van der Waals surface area (Å²) in [7, 11) is 0. The molecule has 1 nitrogen and oxygen atoms in total. The van der Waals surface area contributed by atoms with Crippen molar-refractivity contribution in [3.05, 3.63) is 34.3 Å². The third-order valence-corrected chi connectivity index (χ3v) is 3.05. The van der Waals surface area contributed by atoms with Gasteiger partial charge in [-0.2, -0.15) is 0 Å². The molecule has 1 aliphatic carbocycles. The van der Waals surface area contributed by atoms with Crippen molar-refractivity contribution in [3.8, 4) is 0 Å². The van der Waals surface area contributed by atoms with Crippen LogP contribution in [0.25, 0.3) is 0 Å². The molecule has 0 heterocycles. The van der Waals surface area contributed by atoms with Crippen molar-refractivity contribution < 1.29 is 4.39 Å². The molecule has 0 amide bonds. The van der Waals surface area contributed by atoms with Crippen LogP contribution >= 0.6 is 11.6 Å². The summed E-state index contributed by atoms with van der Waals surface area (Å²) in [6.07, 6.45) is 1.16. The Morgan fingerprint density at radius 2 is 2.31 bits per heavy atom. The summed E-state index contributed by atoms with van der Waals surface area (Å²) in [6, 6.07) is 5.35. The van der Waals surface area contributed by atoms with Crippen LogP contribution in [0, 0.1) is 0 Å². The molecule has 70 valence electrons. The monoisotopic (exact) mass is 199 g/mol. The zero-order chi connectivity index (χ0) is 9.47. The molecule has 0 aliphatic heterocycles. The van der Waals surface area contributed by atoms with Gasteiger partial charge in [0.2, 0.25) is 0 Å². The second-order valence-electron chi connectivity index (χ2n) is 3.44. The van der Waals surface area contributed by atoms with Crippen molar-refractivity contribution in [1.29, 1.82) is 0 Å². The summed E-state index contributed by atoms with van der Waals surface area (Å²) in [5, 5.41) is 0.658. The van der Waals surface area contributed by atoms with Gasteiger partial charge in [-0.3, -0.25) is 0 Å². The van der Waals surface area contributed by atoms with Crippen LogP contribution in [0.15, 0.2) is 18.2 Å². The number of hydrogen-bond donors (Lipinski definition) is 1. The minimum Gasteiger partial charge on any atom is -0.327 e. The van der Waals surface area contributed by atoms with Crippen LogP contribution in [0.5, 0.6) is 0 Å². The molecule has 0 bridgehead atoms. The van der Waals surface area contributed by atoms with Crippen LogP contribution in [0.2, 0.25) is 5.02 Å². The van der Waals surface area contributed by atoms with Crippen molar-refractivity contribution in [2.45, 2.75) is 18.5 Å². The van der Waals surface area contributed by atoms with Gasteiger partial charge in [-0.15, -0.1) is 0 Å². The molecule has 1 unspecified atom stereocenters. The van der Waals surface area contributed by atoms with Crippen LogP contribution in [-0.4, -0.2) is 6.54 Å². The first-order valence-electron chi connectivity index (χ1n) is 4.34. The molecule has 0 radical (unpaired) electrons. The van der Waals surface area contributed by atoms with E-state index in [-0.39, 0.29) is 6.54 Å². The van der Waals surface area contributed by atoms with E-state index in [0.29, 0.717) is 23.4 Å². The van der Waals surface area contributed by atoms with E-state index < -0.39 is 5.67 Å². The lowest BCUT2D eigenvalue weighted by atomic mass is 9.98. The van der Waals surface area contributed by atoms with Gasteiger partial charge in [0, 0.05) is 11.6 Å². The summed E-state index contributed by atoms with van der Waals surface area (Å²) in [5.74, 6) is 0. The lowest BCUT2D eigenvalue weighted by Crippen LogP contribution is -2.27.